The number of imidazole rings is 1. The van der Waals surface area contributed by atoms with Crippen molar-refractivity contribution in [2.24, 2.45) is 0 Å². The number of hydrogen-bond acceptors (Lipinski definition) is 3. The zero-order valence-corrected chi connectivity index (χ0v) is 11.6. The molecule has 0 fully saturated rings. The molecule has 0 saturated carbocycles. The molecule has 19 heavy (non-hydrogen) atoms. The topological polar surface area (TPSA) is 57.8 Å². The van der Waals surface area contributed by atoms with Gasteiger partial charge in [0.15, 0.2) is 0 Å². The minimum absolute atomic E-state index is 0.490. The van der Waals surface area contributed by atoms with Crippen LogP contribution < -0.4 is 0 Å². The molecule has 5 nitrogen and oxygen atoms in total. The van der Waals surface area contributed by atoms with E-state index in [1.165, 1.54) is 0 Å². The number of hydrogen-bond donors (Lipinski definition) is 1. The fourth-order valence-electron chi connectivity index (χ4n) is 2.13. The Balaban J connectivity index is 2.19. The number of aliphatic carboxylic acids is 1. The third kappa shape index (κ3) is 3.05. The van der Waals surface area contributed by atoms with Gasteiger partial charge in [-0.2, -0.15) is 0 Å². The van der Waals surface area contributed by atoms with Gasteiger partial charge in [0.1, 0.15) is 11.7 Å². The Kier molecular flexibility index (Phi) is 4.07. The fraction of sp³-hybridized carbons (Fsp3) is 0.385. The fourth-order valence-corrected chi connectivity index (χ4v) is 2.30. The largest absolute Gasteiger partial charge is 0.480 e. The van der Waals surface area contributed by atoms with E-state index < -0.39 is 12.0 Å². The standard InChI is InChI=1S/C13H16ClN3O2/c1-3-11(13(18)19)16(2)7-10-8-17-6-9(14)4-5-12(17)15-10/h4-6,8,11H,3,7H2,1-2H3,(H,18,19). The maximum absolute atomic E-state index is 11.1. The van der Waals surface area contributed by atoms with Gasteiger partial charge in [-0.25, -0.2) is 4.98 Å². The van der Waals surface area contributed by atoms with E-state index in [9.17, 15) is 4.79 Å². The first-order valence-corrected chi connectivity index (χ1v) is 6.45. The summed E-state index contributed by atoms with van der Waals surface area (Å²) in [5, 5.41) is 9.75. The van der Waals surface area contributed by atoms with Crippen LogP contribution in [-0.2, 0) is 11.3 Å². The lowest BCUT2D eigenvalue weighted by Gasteiger charge is -2.22. The van der Waals surface area contributed by atoms with Gasteiger partial charge < -0.3 is 9.51 Å². The quantitative estimate of drug-likeness (QED) is 0.913. The van der Waals surface area contributed by atoms with Gasteiger partial charge >= 0.3 is 5.97 Å². The Hall–Kier alpha value is -1.59. The Morgan fingerprint density at radius 3 is 2.89 bits per heavy atom. The number of likely N-dealkylation sites (N-methyl/N-ethyl adjacent to an activating group) is 1. The van der Waals surface area contributed by atoms with E-state index >= 15 is 0 Å². The molecule has 2 heterocycles. The second-order valence-corrected chi connectivity index (χ2v) is 4.96. The zero-order chi connectivity index (χ0) is 14.0. The van der Waals surface area contributed by atoms with Crippen LogP contribution in [-0.4, -0.2) is 38.4 Å². The third-order valence-corrected chi connectivity index (χ3v) is 3.30. The van der Waals surface area contributed by atoms with Gasteiger partial charge in [0.2, 0.25) is 0 Å². The van der Waals surface area contributed by atoms with Gasteiger partial charge in [-0.1, -0.05) is 18.5 Å². The van der Waals surface area contributed by atoms with Crippen LogP contribution in [0.25, 0.3) is 5.65 Å². The Morgan fingerprint density at radius 2 is 2.26 bits per heavy atom. The second-order valence-electron chi connectivity index (χ2n) is 4.52. The minimum Gasteiger partial charge on any atom is -0.480 e. The van der Waals surface area contributed by atoms with Crippen LogP contribution in [0, 0.1) is 0 Å². The van der Waals surface area contributed by atoms with Crippen molar-refractivity contribution in [1.82, 2.24) is 14.3 Å². The molecule has 0 spiro atoms. The maximum Gasteiger partial charge on any atom is 0.320 e. The van der Waals surface area contributed by atoms with Crippen molar-refractivity contribution in [3.05, 3.63) is 35.2 Å². The summed E-state index contributed by atoms with van der Waals surface area (Å²) in [7, 11) is 1.79. The average Bonchev–Trinajstić information content (AvgIpc) is 2.70. The van der Waals surface area contributed by atoms with Crippen LogP contribution in [0.2, 0.25) is 5.02 Å². The number of carbonyl (C=O) groups is 1. The maximum atomic E-state index is 11.1. The molecule has 1 atom stereocenters. The lowest BCUT2D eigenvalue weighted by molar-refractivity contribution is -0.143. The van der Waals surface area contributed by atoms with Crippen molar-refractivity contribution < 1.29 is 9.90 Å². The number of nitrogens with zero attached hydrogens (tertiary/aromatic N) is 3. The molecular formula is C13H16ClN3O2. The highest BCUT2D eigenvalue weighted by Crippen LogP contribution is 2.14. The molecule has 0 bridgehead atoms. The summed E-state index contributed by atoms with van der Waals surface area (Å²) in [5.74, 6) is -0.809. The van der Waals surface area contributed by atoms with Crippen LogP contribution in [0.15, 0.2) is 24.5 Å². The number of aromatic nitrogens is 2. The van der Waals surface area contributed by atoms with E-state index in [2.05, 4.69) is 4.98 Å². The molecule has 2 rings (SSSR count). The molecule has 0 aliphatic carbocycles. The average molecular weight is 282 g/mol. The molecule has 102 valence electrons. The van der Waals surface area contributed by atoms with Crippen molar-refractivity contribution in [2.75, 3.05) is 7.05 Å². The number of halogens is 1. The lowest BCUT2D eigenvalue weighted by Crippen LogP contribution is -2.37. The first-order valence-electron chi connectivity index (χ1n) is 6.07. The van der Waals surface area contributed by atoms with Crippen LogP contribution in [0.4, 0.5) is 0 Å². The summed E-state index contributed by atoms with van der Waals surface area (Å²) in [6.45, 7) is 2.35. The first kappa shape index (κ1) is 13.8. The van der Waals surface area contributed by atoms with Gasteiger partial charge in [0.25, 0.3) is 0 Å². The number of carboxylic acids is 1. The van der Waals surface area contributed by atoms with Crippen molar-refractivity contribution in [2.45, 2.75) is 25.9 Å². The molecule has 0 amide bonds. The highest BCUT2D eigenvalue weighted by Gasteiger charge is 2.21. The van der Waals surface area contributed by atoms with Crippen molar-refractivity contribution in [3.8, 4) is 0 Å². The Morgan fingerprint density at radius 1 is 1.53 bits per heavy atom. The van der Waals surface area contributed by atoms with Gasteiger partial charge in [-0.05, 0) is 25.6 Å². The normalized spacial score (nSPS) is 13.1. The van der Waals surface area contributed by atoms with Crippen molar-refractivity contribution in [1.29, 1.82) is 0 Å². The minimum atomic E-state index is -0.809. The molecule has 0 radical (unpaired) electrons. The molecule has 0 saturated heterocycles. The molecular weight excluding hydrogens is 266 g/mol. The van der Waals surface area contributed by atoms with Crippen molar-refractivity contribution >= 4 is 23.2 Å². The summed E-state index contributed by atoms with van der Waals surface area (Å²) < 4.78 is 1.84. The van der Waals surface area contributed by atoms with E-state index in [-0.39, 0.29) is 0 Å². The summed E-state index contributed by atoms with van der Waals surface area (Å²) in [6.07, 6.45) is 4.21. The summed E-state index contributed by atoms with van der Waals surface area (Å²) in [6, 6.07) is 3.12. The summed E-state index contributed by atoms with van der Waals surface area (Å²) in [5.41, 5.74) is 1.63. The number of carboxylic acid groups (broad SMARTS) is 1. The lowest BCUT2D eigenvalue weighted by atomic mass is 10.2. The monoisotopic (exact) mass is 281 g/mol. The SMILES string of the molecule is CCC(C(=O)O)N(C)Cc1cn2cc(Cl)ccc2n1. The van der Waals surface area contributed by atoms with Crippen LogP contribution in [0.3, 0.4) is 0 Å². The van der Waals surface area contributed by atoms with Gasteiger partial charge in [0, 0.05) is 18.9 Å². The smallest absolute Gasteiger partial charge is 0.320 e. The van der Waals surface area contributed by atoms with E-state index in [0.29, 0.717) is 18.0 Å². The highest BCUT2D eigenvalue weighted by atomic mass is 35.5. The van der Waals surface area contributed by atoms with Crippen LogP contribution in [0.5, 0.6) is 0 Å². The van der Waals surface area contributed by atoms with E-state index in [0.717, 1.165) is 11.3 Å². The Bertz CT molecular complexity index is 597. The predicted octanol–water partition coefficient (Wildman–Crippen LogP) is 2.28. The van der Waals surface area contributed by atoms with E-state index in [1.807, 2.05) is 23.6 Å². The predicted molar refractivity (Wildman–Crippen MR) is 73.4 cm³/mol. The van der Waals surface area contributed by atoms with E-state index in [1.54, 1.807) is 24.2 Å². The van der Waals surface area contributed by atoms with Gasteiger partial charge in [0.05, 0.1) is 10.7 Å². The molecule has 1 unspecified atom stereocenters. The van der Waals surface area contributed by atoms with Crippen molar-refractivity contribution in [3.63, 3.8) is 0 Å². The summed E-state index contributed by atoms with van der Waals surface area (Å²) in [4.78, 5) is 17.3. The molecule has 2 aromatic heterocycles. The molecule has 0 aliphatic heterocycles. The molecule has 6 heteroatoms. The highest BCUT2D eigenvalue weighted by molar-refractivity contribution is 6.30. The van der Waals surface area contributed by atoms with Crippen LogP contribution >= 0.6 is 11.6 Å². The zero-order valence-electron chi connectivity index (χ0n) is 10.9. The number of pyridine rings is 1. The van der Waals surface area contributed by atoms with Gasteiger partial charge in [-0.15, -0.1) is 0 Å². The first-order chi connectivity index (χ1) is 9.01. The molecule has 1 N–H and O–H groups in total. The Labute approximate surface area is 116 Å². The number of rotatable bonds is 5. The van der Waals surface area contributed by atoms with Gasteiger partial charge in [-0.3, -0.25) is 9.69 Å². The molecule has 0 aliphatic rings. The van der Waals surface area contributed by atoms with E-state index in [4.69, 9.17) is 16.7 Å². The number of fused-ring (bicyclic) bond motifs is 1. The second kappa shape index (κ2) is 5.59. The molecule has 2 aromatic rings. The summed E-state index contributed by atoms with van der Waals surface area (Å²) >= 11 is 5.91. The molecule has 0 aromatic carbocycles. The third-order valence-electron chi connectivity index (χ3n) is 3.08. The van der Waals surface area contributed by atoms with Crippen LogP contribution in [0.1, 0.15) is 19.0 Å².